The average molecular weight is 294 g/mol. The van der Waals surface area contributed by atoms with Gasteiger partial charge in [0.05, 0.1) is 16.9 Å². The van der Waals surface area contributed by atoms with Crippen molar-refractivity contribution in [3.63, 3.8) is 0 Å². The number of nitriles is 1. The number of carbonyl (C=O) groups is 1. The molecule has 2 aromatic carbocycles. The number of nitro benzene ring substituents is 1. The van der Waals surface area contributed by atoms with E-state index in [9.17, 15) is 20.2 Å². The minimum Gasteiger partial charge on any atom is -0.303 e. The second-order valence-corrected chi connectivity index (χ2v) is 4.84. The summed E-state index contributed by atoms with van der Waals surface area (Å²) < 4.78 is 0. The smallest absolute Gasteiger partial charge is 0.273 e. The van der Waals surface area contributed by atoms with Crippen LogP contribution in [0.3, 0.4) is 0 Å². The lowest BCUT2D eigenvalue weighted by atomic mass is 9.80. The molecule has 0 N–H and O–H groups in total. The van der Waals surface area contributed by atoms with Crippen LogP contribution in [0.5, 0.6) is 0 Å². The molecule has 0 heterocycles. The number of para-hydroxylation sites is 1. The van der Waals surface area contributed by atoms with E-state index < -0.39 is 16.8 Å². The number of aldehydes is 1. The van der Waals surface area contributed by atoms with Crippen molar-refractivity contribution in [3.8, 4) is 6.07 Å². The summed E-state index contributed by atoms with van der Waals surface area (Å²) in [6.07, 6.45) is 0.880. The number of nitro groups is 1. The molecule has 0 spiro atoms. The normalized spacial score (nSPS) is 12.9. The van der Waals surface area contributed by atoms with Crippen LogP contribution >= 0.6 is 0 Å². The van der Waals surface area contributed by atoms with Crippen LogP contribution in [0.15, 0.2) is 54.6 Å². The highest BCUT2D eigenvalue weighted by molar-refractivity contribution is 5.55. The van der Waals surface area contributed by atoms with Gasteiger partial charge in [0.15, 0.2) is 0 Å². The molecule has 0 saturated heterocycles. The fourth-order valence-electron chi connectivity index (χ4n) is 2.56. The van der Waals surface area contributed by atoms with Gasteiger partial charge >= 0.3 is 0 Å². The van der Waals surface area contributed by atoms with E-state index in [1.807, 2.05) is 30.3 Å². The van der Waals surface area contributed by atoms with Gasteiger partial charge < -0.3 is 4.79 Å². The first-order valence-corrected chi connectivity index (χ1v) is 6.80. The van der Waals surface area contributed by atoms with Gasteiger partial charge in [-0.25, -0.2) is 0 Å². The van der Waals surface area contributed by atoms with Crippen LogP contribution in [-0.4, -0.2) is 11.2 Å². The van der Waals surface area contributed by atoms with E-state index in [0.29, 0.717) is 5.56 Å². The van der Waals surface area contributed by atoms with Crippen LogP contribution in [0.2, 0.25) is 0 Å². The Labute approximate surface area is 128 Å². The zero-order valence-electron chi connectivity index (χ0n) is 11.8. The zero-order valence-corrected chi connectivity index (χ0v) is 11.8. The molecule has 2 atom stereocenters. The summed E-state index contributed by atoms with van der Waals surface area (Å²) in [4.78, 5) is 21.7. The highest BCUT2D eigenvalue weighted by Crippen LogP contribution is 2.38. The molecular weight excluding hydrogens is 280 g/mol. The second-order valence-electron chi connectivity index (χ2n) is 4.84. The summed E-state index contributed by atoms with van der Waals surface area (Å²) in [6, 6.07) is 17.4. The average Bonchev–Trinajstić information content (AvgIpc) is 2.56. The molecule has 0 fully saturated rings. The van der Waals surface area contributed by atoms with Crippen LogP contribution < -0.4 is 0 Å². The summed E-state index contributed by atoms with van der Waals surface area (Å²) in [7, 11) is 0. The van der Waals surface area contributed by atoms with E-state index in [2.05, 4.69) is 6.07 Å². The van der Waals surface area contributed by atoms with E-state index in [0.717, 1.165) is 11.8 Å². The highest BCUT2D eigenvalue weighted by Gasteiger charge is 2.29. The van der Waals surface area contributed by atoms with Gasteiger partial charge in [-0.05, 0) is 5.56 Å². The molecular formula is C17H14N2O3. The molecule has 2 aromatic rings. The van der Waals surface area contributed by atoms with E-state index in [1.54, 1.807) is 18.2 Å². The van der Waals surface area contributed by atoms with Crippen molar-refractivity contribution in [2.24, 2.45) is 0 Å². The largest absolute Gasteiger partial charge is 0.303 e. The van der Waals surface area contributed by atoms with Gasteiger partial charge in [0.25, 0.3) is 5.69 Å². The van der Waals surface area contributed by atoms with E-state index in [-0.39, 0.29) is 12.1 Å². The van der Waals surface area contributed by atoms with Gasteiger partial charge in [-0.2, -0.15) is 5.26 Å². The molecule has 0 radical (unpaired) electrons. The third-order valence-electron chi connectivity index (χ3n) is 3.59. The monoisotopic (exact) mass is 294 g/mol. The Hall–Kier alpha value is -3.00. The molecule has 0 aliphatic rings. The molecule has 5 nitrogen and oxygen atoms in total. The number of benzene rings is 2. The molecule has 0 unspecified atom stereocenters. The summed E-state index contributed by atoms with van der Waals surface area (Å²) in [5, 5.41) is 20.7. The fourth-order valence-corrected chi connectivity index (χ4v) is 2.56. The van der Waals surface area contributed by atoms with Gasteiger partial charge in [-0.3, -0.25) is 10.1 Å². The van der Waals surface area contributed by atoms with Crippen LogP contribution in [0.1, 0.15) is 29.4 Å². The molecule has 0 saturated carbocycles. The molecule has 0 amide bonds. The first-order chi connectivity index (χ1) is 10.7. The molecule has 0 bridgehead atoms. The van der Waals surface area contributed by atoms with Crippen LogP contribution in [0.25, 0.3) is 0 Å². The van der Waals surface area contributed by atoms with Crippen molar-refractivity contribution in [1.29, 1.82) is 5.26 Å². The van der Waals surface area contributed by atoms with Gasteiger partial charge in [-0.1, -0.05) is 48.5 Å². The fraction of sp³-hybridized carbons (Fsp3) is 0.176. The Bertz CT molecular complexity index is 707. The number of rotatable bonds is 6. The lowest BCUT2D eigenvalue weighted by Crippen LogP contribution is -2.12. The van der Waals surface area contributed by atoms with Crippen molar-refractivity contribution in [2.45, 2.75) is 18.3 Å². The number of nitrogens with zero attached hydrogens (tertiary/aromatic N) is 2. The minimum absolute atomic E-state index is 0.0964. The molecule has 2 rings (SSSR count). The lowest BCUT2D eigenvalue weighted by Gasteiger charge is -2.20. The highest BCUT2D eigenvalue weighted by atomic mass is 16.6. The predicted octanol–water partition coefficient (Wildman–Crippen LogP) is 3.57. The van der Waals surface area contributed by atoms with Crippen molar-refractivity contribution in [2.75, 3.05) is 0 Å². The third-order valence-corrected chi connectivity index (χ3v) is 3.59. The van der Waals surface area contributed by atoms with Gasteiger partial charge in [0.2, 0.25) is 0 Å². The Morgan fingerprint density at radius 2 is 1.77 bits per heavy atom. The first kappa shape index (κ1) is 15.4. The summed E-state index contributed by atoms with van der Waals surface area (Å²) in [5.41, 5.74) is 1.06. The second kappa shape index (κ2) is 7.14. The van der Waals surface area contributed by atoms with Crippen LogP contribution in [-0.2, 0) is 4.79 Å². The first-order valence-electron chi connectivity index (χ1n) is 6.80. The Kier molecular flexibility index (Phi) is 4.99. The zero-order chi connectivity index (χ0) is 15.9. The lowest BCUT2D eigenvalue weighted by molar-refractivity contribution is -0.385. The SMILES string of the molecule is N#C[C@H](c1ccccc1[N+](=O)[O-])[C@H](CC=O)c1ccccc1. The van der Waals surface area contributed by atoms with Gasteiger partial charge in [0, 0.05) is 24.0 Å². The van der Waals surface area contributed by atoms with E-state index in [4.69, 9.17) is 0 Å². The molecule has 0 aromatic heterocycles. The van der Waals surface area contributed by atoms with Crippen molar-refractivity contribution in [3.05, 3.63) is 75.8 Å². The Morgan fingerprint density at radius 1 is 1.14 bits per heavy atom. The summed E-state index contributed by atoms with van der Waals surface area (Å²) >= 11 is 0. The Morgan fingerprint density at radius 3 is 2.36 bits per heavy atom. The van der Waals surface area contributed by atoms with Crippen LogP contribution in [0.4, 0.5) is 5.69 Å². The molecule has 0 aliphatic heterocycles. The molecule has 5 heteroatoms. The molecule has 22 heavy (non-hydrogen) atoms. The van der Waals surface area contributed by atoms with Crippen molar-refractivity contribution in [1.82, 2.24) is 0 Å². The van der Waals surface area contributed by atoms with Crippen LogP contribution in [0, 0.1) is 21.4 Å². The maximum absolute atomic E-state index is 11.2. The van der Waals surface area contributed by atoms with Crippen molar-refractivity contribution >= 4 is 12.0 Å². The number of carbonyl (C=O) groups excluding carboxylic acids is 1. The topological polar surface area (TPSA) is 84.0 Å². The standard InChI is InChI=1S/C17H14N2O3/c18-12-16(15-8-4-5-9-17(15)19(21)22)14(10-11-20)13-6-2-1-3-7-13/h1-9,11,14,16H,10H2/t14-,16+/m1/s1. The third kappa shape index (κ3) is 3.18. The minimum atomic E-state index is -0.755. The molecule has 0 aliphatic carbocycles. The maximum Gasteiger partial charge on any atom is 0.273 e. The Balaban J connectivity index is 2.52. The quantitative estimate of drug-likeness (QED) is 0.463. The van der Waals surface area contributed by atoms with Gasteiger partial charge in [-0.15, -0.1) is 0 Å². The van der Waals surface area contributed by atoms with Gasteiger partial charge in [0.1, 0.15) is 6.29 Å². The summed E-state index contributed by atoms with van der Waals surface area (Å²) in [5.74, 6) is -1.17. The predicted molar refractivity (Wildman–Crippen MR) is 81.3 cm³/mol. The van der Waals surface area contributed by atoms with E-state index in [1.165, 1.54) is 6.07 Å². The summed E-state index contributed by atoms with van der Waals surface area (Å²) in [6.45, 7) is 0. The van der Waals surface area contributed by atoms with Crippen molar-refractivity contribution < 1.29 is 9.72 Å². The number of hydrogen-bond donors (Lipinski definition) is 0. The van der Waals surface area contributed by atoms with E-state index >= 15 is 0 Å². The maximum atomic E-state index is 11.2. The molecule has 110 valence electrons. The number of hydrogen-bond acceptors (Lipinski definition) is 4.